The quantitative estimate of drug-likeness (QED) is 0.777. The van der Waals surface area contributed by atoms with Crippen molar-refractivity contribution in [3.8, 4) is 0 Å². The van der Waals surface area contributed by atoms with Crippen LogP contribution in [0.1, 0.15) is 26.5 Å². The number of hydrogen-bond donors (Lipinski definition) is 1. The highest BCUT2D eigenvalue weighted by atomic mass is 16.2. The van der Waals surface area contributed by atoms with Crippen LogP contribution < -0.4 is 10.2 Å². The Labute approximate surface area is 101 Å². The average Bonchev–Trinajstić information content (AvgIpc) is 2.28. The zero-order chi connectivity index (χ0) is 12.5. The molecule has 5 heteroatoms. The minimum absolute atomic E-state index is 0.00423. The van der Waals surface area contributed by atoms with Crippen molar-refractivity contribution in [1.29, 1.82) is 0 Å². The summed E-state index contributed by atoms with van der Waals surface area (Å²) in [5.41, 5.74) is 0.990. The number of anilines is 1. The van der Waals surface area contributed by atoms with Gasteiger partial charge in [0.25, 0.3) is 0 Å². The van der Waals surface area contributed by atoms with Crippen molar-refractivity contribution >= 4 is 11.7 Å². The number of aromatic nitrogens is 2. The van der Waals surface area contributed by atoms with E-state index in [1.807, 2.05) is 11.0 Å². The molecule has 0 saturated carbocycles. The van der Waals surface area contributed by atoms with E-state index < -0.39 is 0 Å². The van der Waals surface area contributed by atoms with Gasteiger partial charge in [-0.05, 0) is 0 Å². The molecule has 92 valence electrons. The molecule has 2 heterocycles. The maximum Gasteiger partial charge on any atom is 0.239 e. The van der Waals surface area contributed by atoms with Crippen LogP contribution in [-0.2, 0) is 10.2 Å². The van der Waals surface area contributed by atoms with E-state index in [0.717, 1.165) is 18.1 Å². The van der Waals surface area contributed by atoms with Crippen LogP contribution in [0.25, 0.3) is 0 Å². The van der Waals surface area contributed by atoms with Crippen LogP contribution in [0.15, 0.2) is 12.4 Å². The number of hydrogen-bond acceptors (Lipinski definition) is 4. The molecule has 1 aliphatic rings. The van der Waals surface area contributed by atoms with E-state index in [2.05, 4.69) is 36.1 Å². The summed E-state index contributed by atoms with van der Waals surface area (Å²) in [5, 5.41) is 2.80. The van der Waals surface area contributed by atoms with Gasteiger partial charge in [0.1, 0.15) is 12.1 Å². The highest BCUT2D eigenvalue weighted by Crippen LogP contribution is 2.22. The lowest BCUT2D eigenvalue weighted by atomic mass is 9.92. The summed E-state index contributed by atoms with van der Waals surface area (Å²) in [4.78, 5) is 21.8. The predicted octanol–water partition coefficient (Wildman–Crippen LogP) is 0.710. The third-order valence-electron chi connectivity index (χ3n) is 2.78. The predicted molar refractivity (Wildman–Crippen MR) is 66.0 cm³/mol. The number of carbonyl (C=O) groups excluding carboxylic acids is 1. The minimum Gasteiger partial charge on any atom is -0.353 e. The van der Waals surface area contributed by atoms with Gasteiger partial charge in [-0.25, -0.2) is 9.97 Å². The fraction of sp³-hybridized carbons (Fsp3) is 0.583. The van der Waals surface area contributed by atoms with Crippen LogP contribution in [0.4, 0.5) is 5.82 Å². The van der Waals surface area contributed by atoms with Crippen LogP contribution in [0.3, 0.4) is 0 Å². The molecule has 0 spiro atoms. The molecule has 1 amide bonds. The summed E-state index contributed by atoms with van der Waals surface area (Å²) in [6.45, 7) is 8.19. The molecule has 5 nitrogen and oxygen atoms in total. The first-order chi connectivity index (χ1) is 7.97. The van der Waals surface area contributed by atoms with Gasteiger partial charge >= 0.3 is 0 Å². The number of piperazine rings is 1. The van der Waals surface area contributed by atoms with Crippen LogP contribution in [0, 0.1) is 0 Å². The van der Waals surface area contributed by atoms with Gasteiger partial charge in [0.05, 0.1) is 12.2 Å². The second-order valence-electron chi connectivity index (χ2n) is 5.28. The standard InChI is InChI=1S/C12H18N4O/c1-12(2,3)9-6-10(15-8-14-9)16-5-4-13-11(17)7-16/h6,8H,4-5,7H2,1-3H3,(H,13,17). The maximum atomic E-state index is 11.3. The van der Waals surface area contributed by atoms with Crippen LogP contribution in [0.2, 0.25) is 0 Å². The first kappa shape index (κ1) is 11.8. The van der Waals surface area contributed by atoms with E-state index in [1.165, 1.54) is 0 Å². The van der Waals surface area contributed by atoms with E-state index in [4.69, 9.17) is 0 Å². The van der Waals surface area contributed by atoms with Crippen molar-refractivity contribution in [2.24, 2.45) is 0 Å². The molecule has 1 aromatic heterocycles. The van der Waals surface area contributed by atoms with E-state index in [9.17, 15) is 4.79 Å². The SMILES string of the molecule is CC(C)(C)c1cc(N2CCNC(=O)C2)ncn1. The third-order valence-corrected chi connectivity index (χ3v) is 2.78. The Kier molecular flexibility index (Phi) is 3.00. The van der Waals surface area contributed by atoms with Gasteiger partial charge < -0.3 is 10.2 Å². The average molecular weight is 234 g/mol. The van der Waals surface area contributed by atoms with E-state index >= 15 is 0 Å². The fourth-order valence-electron chi connectivity index (χ4n) is 1.76. The molecule has 1 aliphatic heterocycles. The molecular formula is C12H18N4O. The largest absolute Gasteiger partial charge is 0.353 e. The van der Waals surface area contributed by atoms with Gasteiger partial charge in [0.2, 0.25) is 5.91 Å². The van der Waals surface area contributed by atoms with Crippen molar-refractivity contribution in [2.45, 2.75) is 26.2 Å². The Morgan fingerprint density at radius 1 is 1.35 bits per heavy atom. The Bertz CT molecular complexity index is 425. The summed E-state index contributed by atoms with van der Waals surface area (Å²) < 4.78 is 0. The van der Waals surface area contributed by atoms with Gasteiger partial charge in [-0.1, -0.05) is 20.8 Å². The summed E-state index contributed by atoms with van der Waals surface area (Å²) in [7, 11) is 0. The number of nitrogens with one attached hydrogen (secondary N) is 1. The Morgan fingerprint density at radius 3 is 2.76 bits per heavy atom. The van der Waals surface area contributed by atoms with Gasteiger partial charge in [0, 0.05) is 24.6 Å². The number of carbonyl (C=O) groups is 1. The normalized spacial score (nSPS) is 16.9. The third kappa shape index (κ3) is 2.72. The van der Waals surface area contributed by atoms with Crippen LogP contribution >= 0.6 is 0 Å². The van der Waals surface area contributed by atoms with Gasteiger partial charge in [-0.15, -0.1) is 0 Å². The van der Waals surface area contributed by atoms with Crippen molar-refractivity contribution < 1.29 is 4.79 Å². The molecule has 0 aromatic carbocycles. The number of amides is 1. The Balaban J connectivity index is 2.24. The van der Waals surface area contributed by atoms with E-state index in [-0.39, 0.29) is 11.3 Å². The second-order valence-corrected chi connectivity index (χ2v) is 5.28. The van der Waals surface area contributed by atoms with E-state index in [1.54, 1.807) is 6.33 Å². The van der Waals surface area contributed by atoms with Crippen molar-refractivity contribution in [2.75, 3.05) is 24.5 Å². The molecule has 0 radical (unpaired) electrons. The molecule has 1 saturated heterocycles. The maximum absolute atomic E-state index is 11.3. The molecule has 0 aliphatic carbocycles. The van der Waals surface area contributed by atoms with Gasteiger partial charge in [-0.3, -0.25) is 4.79 Å². The Hall–Kier alpha value is -1.65. The number of rotatable bonds is 1. The lowest BCUT2D eigenvalue weighted by Crippen LogP contribution is -2.48. The molecule has 1 N–H and O–H groups in total. The molecule has 1 fully saturated rings. The smallest absolute Gasteiger partial charge is 0.239 e. The van der Waals surface area contributed by atoms with Crippen molar-refractivity contribution in [3.63, 3.8) is 0 Å². The Morgan fingerprint density at radius 2 is 2.12 bits per heavy atom. The zero-order valence-corrected chi connectivity index (χ0v) is 10.5. The summed E-state index contributed by atoms with van der Waals surface area (Å²) >= 11 is 0. The molecule has 0 atom stereocenters. The first-order valence-electron chi connectivity index (χ1n) is 5.81. The lowest BCUT2D eigenvalue weighted by molar-refractivity contribution is -0.120. The zero-order valence-electron chi connectivity index (χ0n) is 10.5. The molecule has 0 unspecified atom stereocenters. The molecular weight excluding hydrogens is 216 g/mol. The molecule has 2 rings (SSSR count). The molecule has 0 bridgehead atoms. The number of nitrogens with zero attached hydrogens (tertiary/aromatic N) is 3. The first-order valence-corrected chi connectivity index (χ1v) is 5.81. The molecule has 17 heavy (non-hydrogen) atoms. The van der Waals surface area contributed by atoms with Crippen LogP contribution in [0.5, 0.6) is 0 Å². The van der Waals surface area contributed by atoms with E-state index in [0.29, 0.717) is 13.1 Å². The van der Waals surface area contributed by atoms with Crippen molar-refractivity contribution in [1.82, 2.24) is 15.3 Å². The fourth-order valence-corrected chi connectivity index (χ4v) is 1.76. The summed E-state index contributed by atoms with van der Waals surface area (Å²) in [6, 6.07) is 1.97. The van der Waals surface area contributed by atoms with Crippen LogP contribution in [-0.4, -0.2) is 35.5 Å². The monoisotopic (exact) mass is 234 g/mol. The minimum atomic E-state index is -0.00423. The summed E-state index contributed by atoms with van der Waals surface area (Å²) in [5.74, 6) is 0.881. The topological polar surface area (TPSA) is 58.1 Å². The van der Waals surface area contributed by atoms with Gasteiger partial charge in [0.15, 0.2) is 0 Å². The lowest BCUT2D eigenvalue weighted by Gasteiger charge is -2.28. The van der Waals surface area contributed by atoms with Gasteiger partial charge in [-0.2, -0.15) is 0 Å². The highest BCUT2D eigenvalue weighted by molar-refractivity contribution is 5.82. The van der Waals surface area contributed by atoms with Crippen molar-refractivity contribution in [3.05, 3.63) is 18.1 Å². The second kappa shape index (κ2) is 4.31. The molecule has 1 aromatic rings. The highest BCUT2D eigenvalue weighted by Gasteiger charge is 2.21. The summed E-state index contributed by atoms with van der Waals surface area (Å²) in [6.07, 6.45) is 1.57.